The van der Waals surface area contributed by atoms with Crippen molar-refractivity contribution in [2.75, 3.05) is 0 Å². The standard InChI is InChI=1S/C22H42O2/c1-3-5-6-7-8-9-10-11-12-13-14-15-16-17-18-19-20-21(4-2)22(23)24/h20H,3-19H2,1-2H3,(H,23,24). The molecule has 0 aromatic rings. The first-order chi connectivity index (χ1) is 11.7. The molecule has 0 saturated heterocycles. The Morgan fingerprint density at radius 1 is 0.667 bits per heavy atom. The summed E-state index contributed by atoms with van der Waals surface area (Å²) in [6, 6.07) is 0. The number of aliphatic carboxylic acids is 1. The van der Waals surface area contributed by atoms with Crippen LogP contribution in [0.3, 0.4) is 0 Å². The molecule has 2 nitrogen and oxygen atoms in total. The van der Waals surface area contributed by atoms with Crippen LogP contribution in [-0.4, -0.2) is 11.1 Å². The van der Waals surface area contributed by atoms with E-state index in [0.717, 1.165) is 12.8 Å². The highest BCUT2D eigenvalue weighted by molar-refractivity contribution is 5.86. The molecule has 0 atom stereocenters. The second-order valence-corrected chi connectivity index (χ2v) is 7.13. The van der Waals surface area contributed by atoms with Crippen LogP contribution in [0.15, 0.2) is 11.6 Å². The van der Waals surface area contributed by atoms with Crippen molar-refractivity contribution in [2.24, 2.45) is 0 Å². The second kappa shape index (κ2) is 18.5. The van der Waals surface area contributed by atoms with Crippen molar-refractivity contribution in [1.29, 1.82) is 0 Å². The van der Waals surface area contributed by atoms with E-state index in [-0.39, 0.29) is 0 Å². The Hall–Kier alpha value is -0.790. The normalized spacial score (nSPS) is 11.8. The highest BCUT2D eigenvalue weighted by Gasteiger charge is 2.02. The predicted octanol–water partition coefficient (Wildman–Crippen LogP) is 7.67. The monoisotopic (exact) mass is 338 g/mol. The highest BCUT2D eigenvalue weighted by Crippen LogP contribution is 2.14. The van der Waals surface area contributed by atoms with Gasteiger partial charge in [-0.05, 0) is 19.3 Å². The molecule has 0 aliphatic heterocycles. The summed E-state index contributed by atoms with van der Waals surface area (Å²) in [5, 5.41) is 8.93. The van der Waals surface area contributed by atoms with Gasteiger partial charge in [0, 0.05) is 5.57 Å². The summed E-state index contributed by atoms with van der Waals surface area (Å²) >= 11 is 0. The number of hydrogen-bond acceptors (Lipinski definition) is 1. The Kier molecular flexibility index (Phi) is 17.9. The van der Waals surface area contributed by atoms with E-state index >= 15 is 0 Å². The number of rotatable bonds is 18. The summed E-state index contributed by atoms with van der Waals surface area (Å²) in [5.74, 6) is -0.751. The van der Waals surface area contributed by atoms with E-state index in [1.165, 1.54) is 89.9 Å². The predicted molar refractivity (Wildman–Crippen MR) is 106 cm³/mol. The van der Waals surface area contributed by atoms with Crippen LogP contribution in [0.1, 0.15) is 123 Å². The molecule has 142 valence electrons. The fourth-order valence-electron chi connectivity index (χ4n) is 3.17. The molecule has 0 aromatic carbocycles. The van der Waals surface area contributed by atoms with Crippen molar-refractivity contribution in [2.45, 2.75) is 123 Å². The topological polar surface area (TPSA) is 37.3 Å². The third-order valence-corrected chi connectivity index (χ3v) is 4.85. The molecule has 0 aromatic heterocycles. The average molecular weight is 339 g/mol. The van der Waals surface area contributed by atoms with Crippen molar-refractivity contribution < 1.29 is 9.90 Å². The van der Waals surface area contributed by atoms with Gasteiger partial charge in [0.25, 0.3) is 0 Å². The molecule has 0 aliphatic carbocycles. The lowest BCUT2D eigenvalue weighted by molar-refractivity contribution is -0.132. The van der Waals surface area contributed by atoms with E-state index in [9.17, 15) is 4.79 Å². The zero-order valence-electron chi connectivity index (χ0n) is 16.5. The van der Waals surface area contributed by atoms with Gasteiger partial charge in [-0.15, -0.1) is 0 Å². The van der Waals surface area contributed by atoms with Crippen LogP contribution in [0.4, 0.5) is 0 Å². The van der Waals surface area contributed by atoms with Crippen LogP contribution in [0, 0.1) is 0 Å². The average Bonchev–Trinajstić information content (AvgIpc) is 2.57. The molecule has 24 heavy (non-hydrogen) atoms. The Morgan fingerprint density at radius 3 is 1.38 bits per heavy atom. The number of carboxylic acid groups (broad SMARTS) is 1. The molecule has 2 heteroatoms. The lowest BCUT2D eigenvalue weighted by Gasteiger charge is -2.03. The highest BCUT2D eigenvalue weighted by atomic mass is 16.4. The summed E-state index contributed by atoms with van der Waals surface area (Å²) in [4.78, 5) is 10.9. The van der Waals surface area contributed by atoms with Crippen LogP contribution in [0.25, 0.3) is 0 Å². The van der Waals surface area contributed by atoms with Crippen LogP contribution >= 0.6 is 0 Å². The van der Waals surface area contributed by atoms with E-state index < -0.39 is 5.97 Å². The first-order valence-corrected chi connectivity index (χ1v) is 10.6. The molecule has 1 N–H and O–H groups in total. The van der Waals surface area contributed by atoms with E-state index in [0.29, 0.717) is 12.0 Å². The van der Waals surface area contributed by atoms with Gasteiger partial charge >= 0.3 is 5.97 Å². The van der Waals surface area contributed by atoms with Crippen molar-refractivity contribution >= 4 is 5.97 Å². The minimum Gasteiger partial charge on any atom is -0.478 e. The lowest BCUT2D eigenvalue weighted by Crippen LogP contribution is -1.98. The van der Waals surface area contributed by atoms with Gasteiger partial charge in [-0.25, -0.2) is 4.79 Å². The molecule has 0 saturated carbocycles. The smallest absolute Gasteiger partial charge is 0.331 e. The number of carboxylic acids is 1. The fourth-order valence-corrected chi connectivity index (χ4v) is 3.17. The number of unbranched alkanes of at least 4 members (excludes halogenated alkanes) is 15. The zero-order chi connectivity index (χ0) is 17.9. The number of hydrogen-bond donors (Lipinski definition) is 1. The fraction of sp³-hybridized carbons (Fsp3) is 0.864. The van der Waals surface area contributed by atoms with E-state index in [1.807, 2.05) is 13.0 Å². The van der Waals surface area contributed by atoms with Crippen LogP contribution < -0.4 is 0 Å². The van der Waals surface area contributed by atoms with Crippen molar-refractivity contribution in [3.8, 4) is 0 Å². The minimum atomic E-state index is -0.751. The maximum atomic E-state index is 10.9. The summed E-state index contributed by atoms with van der Waals surface area (Å²) < 4.78 is 0. The van der Waals surface area contributed by atoms with E-state index in [2.05, 4.69) is 6.92 Å². The van der Waals surface area contributed by atoms with Crippen LogP contribution in [0.5, 0.6) is 0 Å². The summed E-state index contributed by atoms with van der Waals surface area (Å²) in [5.41, 5.74) is 0.570. The molecular weight excluding hydrogens is 296 g/mol. The van der Waals surface area contributed by atoms with Gasteiger partial charge in [-0.2, -0.15) is 0 Å². The number of carbonyl (C=O) groups is 1. The molecule has 0 rings (SSSR count). The summed E-state index contributed by atoms with van der Waals surface area (Å²) in [6.07, 6.45) is 24.0. The van der Waals surface area contributed by atoms with Gasteiger partial charge in [0.15, 0.2) is 0 Å². The Bertz CT molecular complexity index is 307. The van der Waals surface area contributed by atoms with Gasteiger partial charge in [0.2, 0.25) is 0 Å². The third kappa shape index (κ3) is 16.1. The van der Waals surface area contributed by atoms with E-state index in [4.69, 9.17) is 5.11 Å². The maximum absolute atomic E-state index is 10.9. The molecule has 0 radical (unpaired) electrons. The Morgan fingerprint density at radius 2 is 1.04 bits per heavy atom. The first-order valence-electron chi connectivity index (χ1n) is 10.6. The van der Waals surface area contributed by atoms with Crippen molar-refractivity contribution in [3.05, 3.63) is 11.6 Å². The summed E-state index contributed by atoms with van der Waals surface area (Å²) in [6.45, 7) is 4.19. The first kappa shape index (κ1) is 23.2. The largest absolute Gasteiger partial charge is 0.478 e. The van der Waals surface area contributed by atoms with Gasteiger partial charge in [-0.3, -0.25) is 0 Å². The SMILES string of the molecule is CCCCCCCCCCCCCCCCCC=C(CC)C(=O)O. The molecule has 0 unspecified atom stereocenters. The number of allylic oxidation sites excluding steroid dienone is 1. The lowest BCUT2D eigenvalue weighted by atomic mass is 10.0. The van der Waals surface area contributed by atoms with Crippen LogP contribution in [0.2, 0.25) is 0 Å². The van der Waals surface area contributed by atoms with Gasteiger partial charge in [-0.1, -0.05) is 110 Å². The molecule has 0 fully saturated rings. The molecule has 0 heterocycles. The summed E-state index contributed by atoms with van der Waals surface area (Å²) in [7, 11) is 0. The van der Waals surface area contributed by atoms with Crippen molar-refractivity contribution in [3.63, 3.8) is 0 Å². The molecule has 0 bridgehead atoms. The van der Waals surface area contributed by atoms with E-state index in [1.54, 1.807) is 0 Å². The molecule has 0 amide bonds. The third-order valence-electron chi connectivity index (χ3n) is 4.85. The molecule has 0 spiro atoms. The Balaban J connectivity index is 3.19. The zero-order valence-corrected chi connectivity index (χ0v) is 16.5. The van der Waals surface area contributed by atoms with Crippen molar-refractivity contribution in [1.82, 2.24) is 0 Å². The van der Waals surface area contributed by atoms with Crippen LogP contribution in [-0.2, 0) is 4.79 Å². The quantitative estimate of drug-likeness (QED) is 0.206. The molecule has 0 aliphatic rings. The molecular formula is C22H42O2. The minimum absolute atomic E-state index is 0.570. The van der Waals surface area contributed by atoms with Gasteiger partial charge in [0.1, 0.15) is 0 Å². The van der Waals surface area contributed by atoms with Gasteiger partial charge < -0.3 is 5.11 Å². The van der Waals surface area contributed by atoms with Gasteiger partial charge in [0.05, 0.1) is 0 Å². The maximum Gasteiger partial charge on any atom is 0.331 e. The second-order valence-electron chi connectivity index (χ2n) is 7.13. The Labute approximate surface area is 151 Å².